The molecule has 2 rings (SSSR count). The maximum absolute atomic E-state index is 9.30. The number of hydrogen-bond donors (Lipinski definition) is 3. The van der Waals surface area contributed by atoms with Gasteiger partial charge in [0.05, 0.1) is 0 Å². The predicted octanol–water partition coefficient (Wildman–Crippen LogP) is 1.91. The number of nitrogens with one attached hydrogen (secondary N) is 1. The van der Waals surface area contributed by atoms with Crippen LogP contribution in [0.1, 0.15) is 31.4 Å². The van der Waals surface area contributed by atoms with Crippen molar-refractivity contribution in [2.45, 2.75) is 31.8 Å². The van der Waals surface area contributed by atoms with Crippen LogP contribution >= 0.6 is 0 Å². The van der Waals surface area contributed by atoms with Gasteiger partial charge in [-0.25, -0.2) is 0 Å². The molecule has 1 atom stereocenters. The zero-order valence-corrected chi connectivity index (χ0v) is 8.20. The van der Waals surface area contributed by atoms with Gasteiger partial charge in [0.15, 0.2) is 0 Å². The quantitative estimate of drug-likeness (QED) is 0.687. The highest BCUT2D eigenvalue weighted by Gasteiger charge is 2.23. The molecular formula is C11H15NO2. The van der Waals surface area contributed by atoms with Crippen molar-refractivity contribution in [2.75, 3.05) is 0 Å². The molecular weight excluding hydrogens is 178 g/mol. The van der Waals surface area contributed by atoms with Crippen LogP contribution in [0.3, 0.4) is 0 Å². The van der Waals surface area contributed by atoms with Gasteiger partial charge in [-0.2, -0.15) is 0 Å². The average molecular weight is 193 g/mol. The standard InChI is InChI=1S/C11H15NO2/c1-7(12-9-2-3-9)8-4-10(13)6-11(14)5-8/h4-7,9,12-14H,2-3H2,1H3. The van der Waals surface area contributed by atoms with Crippen LogP contribution in [-0.2, 0) is 0 Å². The number of hydrogen-bond acceptors (Lipinski definition) is 3. The van der Waals surface area contributed by atoms with E-state index in [0.29, 0.717) is 6.04 Å². The number of aromatic hydroxyl groups is 2. The summed E-state index contributed by atoms with van der Waals surface area (Å²) in [5.41, 5.74) is 0.925. The van der Waals surface area contributed by atoms with Gasteiger partial charge in [-0.15, -0.1) is 0 Å². The number of phenolic OH excluding ortho intramolecular Hbond substituents is 2. The van der Waals surface area contributed by atoms with E-state index in [2.05, 4.69) is 5.32 Å². The molecule has 0 aliphatic heterocycles. The first-order valence-electron chi connectivity index (χ1n) is 4.94. The van der Waals surface area contributed by atoms with E-state index in [1.807, 2.05) is 6.92 Å². The van der Waals surface area contributed by atoms with Crippen molar-refractivity contribution < 1.29 is 10.2 Å². The average Bonchev–Trinajstić information content (AvgIpc) is 2.86. The Balaban J connectivity index is 2.12. The van der Waals surface area contributed by atoms with E-state index >= 15 is 0 Å². The molecule has 14 heavy (non-hydrogen) atoms. The van der Waals surface area contributed by atoms with Crippen LogP contribution in [0.4, 0.5) is 0 Å². The molecule has 1 saturated carbocycles. The Morgan fingerprint density at radius 2 is 1.79 bits per heavy atom. The minimum atomic E-state index is 0.115. The molecule has 1 aromatic carbocycles. The first-order chi connectivity index (χ1) is 6.65. The van der Waals surface area contributed by atoms with Gasteiger partial charge in [0.2, 0.25) is 0 Å². The number of rotatable bonds is 3. The van der Waals surface area contributed by atoms with Crippen LogP contribution in [0.5, 0.6) is 11.5 Å². The summed E-state index contributed by atoms with van der Waals surface area (Å²) in [6.45, 7) is 2.03. The van der Waals surface area contributed by atoms with Crippen LogP contribution in [0.2, 0.25) is 0 Å². The van der Waals surface area contributed by atoms with Crippen molar-refractivity contribution in [2.24, 2.45) is 0 Å². The van der Waals surface area contributed by atoms with Gasteiger partial charge in [0.1, 0.15) is 11.5 Å². The van der Waals surface area contributed by atoms with Crippen LogP contribution in [0.25, 0.3) is 0 Å². The molecule has 1 unspecified atom stereocenters. The molecule has 3 nitrogen and oxygen atoms in total. The molecule has 3 N–H and O–H groups in total. The molecule has 1 aliphatic rings. The first kappa shape index (κ1) is 9.34. The monoisotopic (exact) mass is 193 g/mol. The third-order valence-corrected chi connectivity index (χ3v) is 2.49. The molecule has 0 bridgehead atoms. The van der Waals surface area contributed by atoms with Crippen LogP contribution < -0.4 is 5.32 Å². The smallest absolute Gasteiger partial charge is 0.119 e. The second-order valence-corrected chi connectivity index (χ2v) is 3.95. The van der Waals surface area contributed by atoms with Crippen molar-refractivity contribution in [1.82, 2.24) is 5.32 Å². The summed E-state index contributed by atoms with van der Waals surface area (Å²) in [4.78, 5) is 0. The molecule has 3 heteroatoms. The normalized spacial score (nSPS) is 18.1. The minimum absolute atomic E-state index is 0.115. The van der Waals surface area contributed by atoms with E-state index in [1.54, 1.807) is 12.1 Å². The fraction of sp³-hybridized carbons (Fsp3) is 0.455. The van der Waals surface area contributed by atoms with Crippen molar-refractivity contribution in [1.29, 1.82) is 0 Å². The largest absolute Gasteiger partial charge is 0.508 e. The Hall–Kier alpha value is -1.22. The Morgan fingerprint density at radius 1 is 1.21 bits per heavy atom. The molecule has 0 spiro atoms. The summed E-state index contributed by atoms with van der Waals surface area (Å²) < 4.78 is 0. The summed E-state index contributed by atoms with van der Waals surface area (Å²) >= 11 is 0. The van der Waals surface area contributed by atoms with E-state index in [4.69, 9.17) is 0 Å². The summed E-state index contributed by atoms with van der Waals surface area (Å²) in [6.07, 6.45) is 2.46. The lowest BCUT2D eigenvalue weighted by molar-refractivity contribution is 0.446. The third-order valence-electron chi connectivity index (χ3n) is 2.49. The summed E-state index contributed by atoms with van der Waals surface area (Å²) in [5.74, 6) is 0.230. The maximum Gasteiger partial charge on any atom is 0.119 e. The van der Waals surface area contributed by atoms with E-state index in [0.717, 1.165) is 5.56 Å². The SMILES string of the molecule is CC(NC1CC1)c1cc(O)cc(O)c1. The van der Waals surface area contributed by atoms with E-state index in [-0.39, 0.29) is 17.5 Å². The van der Waals surface area contributed by atoms with Crippen LogP contribution in [0.15, 0.2) is 18.2 Å². The number of benzene rings is 1. The van der Waals surface area contributed by atoms with Gasteiger partial charge in [0, 0.05) is 18.2 Å². The van der Waals surface area contributed by atoms with Gasteiger partial charge in [0.25, 0.3) is 0 Å². The molecule has 0 radical (unpaired) electrons. The fourth-order valence-corrected chi connectivity index (χ4v) is 1.57. The second kappa shape index (κ2) is 3.50. The van der Waals surface area contributed by atoms with Crippen LogP contribution in [-0.4, -0.2) is 16.3 Å². The Bertz CT molecular complexity index is 314. The molecule has 1 aromatic rings. The summed E-state index contributed by atoms with van der Waals surface area (Å²) in [6, 6.07) is 5.50. The van der Waals surface area contributed by atoms with Crippen molar-refractivity contribution in [3.8, 4) is 11.5 Å². The van der Waals surface area contributed by atoms with Gasteiger partial charge < -0.3 is 15.5 Å². The van der Waals surface area contributed by atoms with E-state index in [1.165, 1.54) is 18.9 Å². The summed E-state index contributed by atoms with van der Waals surface area (Å²) in [7, 11) is 0. The Labute approximate surface area is 83.4 Å². The van der Waals surface area contributed by atoms with E-state index < -0.39 is 0 Å². The predicted molar refractivity (Wildman–Crippen MR) is 54.3 cm³/mol. The third kappa shape index (κ3) is 2.17. The second-order valence-electron chi connectivity index (χ2n) is 3.95. The van der Waals surface area contributed by atoms with E-state index in [9.17, 15) is 10.2 Å². The summed E-state index contributed by atoms with van der Waals surface area (Å²) in [5, 5.41) is 22.0. The zero-order chi connectivity index (χ0) is 10.1. The zero-order valence-electron chi connectivity index (χ0n) is 8.20. The molecule has 1 fully saturated rings. The highest BCUT2D eigenvalue weighted by atomic mass is 16.3. The first-order valence-corrected chi connectivity index (χ1v) is 4.94. The highest BCUT2D eigenvalue weighted by Crippen LogP contribution is 2.28. The lowest BCUT2D eigenvalue weighted by atomic mass is 10.1. The molecule has 0 saturated heterocycles. The maximum atomic E-state index is 9.30. The molecule has 1 aliphatic carbocycles. The Morgan fingerprint density at radius 3 is 2.29 bits per heavy atom. The molecule has 0 heterocycles. The van der Waals surface area contributed by atoms with Gasteiger partial charge in [-0.05, 0) is 37.5 Å². The lowest BCUT2D eigenvalue weighted by Gasteiger charge is -2.14. The van der Waals surface area contributed by atoms with Gasteiger partial charge in [-0.1, -0.05) is 0 Å². The molecule has 0 aromatic heterocycles. The van der Waals surface area contributed by atoms with Crippen molar-refractivity contribution >= 4 is 0 Å². The number of phenols is 2. The molecule has 0 amide bonds. The van der Waals surface area contributed by atoms with Crippen molar-refractivity contribution in [3.63, 3.8) is 0 Å². The van der Waals surface area contributed by atoms with Gasteiger partial charge in [-0.3, -0.25) is 0 Å². The highest BCUT2D eigenvalue weighted by molar-refractivity contribution is 5.38. The fourth-order valence-electron chi connectivity index (χ4n) is 1.57. The lowest BCUT2D eigenvalue weighted by Crippen LogP contribution is -2.20. The van der Waals surface area contributed by atoms with Gasteiger partial charge >= 0.3 is 0 Å². The van der Waals surface area contributed by atoms with Crippen LogP contribution in [0, 0.1) is 0 Å². The van der Waals surface area contributed by atoms with Crippen molar-refractivity contribution in [3.05, 3.63) is 23.8 Å². The molecule has 76 valence electrons. The Kier molecular flexibility index (Phi) is 2.33. The minimum Gasteiger partial charge on any atom is -0.508 e. The topological polar surface area (TPSA) is 52.5 Å².